The number of carboxylic acids is 1. The van der Waals surface area contributed by atoms with E-state index in [9.17, 15) is 9.90 Å². The average Bonchev–Trinajstić information content (AvgIpc) is 3.16. The monoisotopic (exact) mass is 299 g/mol. The van der Waals surface area contributed by atoms with Crippen molar-refractivity contribution in [3.8, 4) is 0 Å². The molecule has 3 unspecified atom stereocenters. The summed E-state index contributed by atoms with van der Waals surface area (Å²) in [5, 5.41) is 13.0. The number of rotatable bonds is 7. The Morgan fingerprint density at radius 3 is 2.33 bits per heavy atom. The van der Waals surface area contributed by atoms with Gasteiger partial charge in [0, 0.05) is 6.04 Å². The highest BCUT2D eigenvalue weighted by molar-refractivity contribution is 5.80. The van der Waals surface area contributed by atoms with Gasteiger partial charge in [0.15, 0.2) is 0 Å². The van der Waals surface area contributed by atoms with Crippen molar-refractivity contribution in [2.75, 3.05) is 6.61 Å². The molecule has 122 valence electrons. The molecule has 0 aromatic carbocycles. The van der Waals surface area contributed by atoms with Crippen LogP contribution in [0.2, 0.25) is 0 Å². The van der Waals surface area contributed by atoms with Crippen LogP contribution in [-0.4, -0.2) is 47.6 Å². The quantitative estimate of drug-likeness (QED) is 0.754. The van der Waals surface area contributed by atoms with E-state index in [2.05, 4.69) is 5.32 Å². The van der Waals surface area contributed by atoms with Gasteiger partial charge < -0.3 is 14.6 Å². The molecule has 0 aromatic heterocycles. The van der Waals surface area contributed by atoms with E-state index in [1.807, 2.05) is 27.7 Å². The van der Waals surface area contributed by atoms with Gasteiger partial charge in [-0.15, -0.1) is 0 Å². The Balaban J connectivity index is 2.00. The van der Waals surface area contributed by atoms with E-state index >= 15 is 0 Å². The van der Waals surface area contributed by atoms with E-state index in [0.717, 1.165) is 25.7 Å². The highest BCUT2D eigenvalue weighted by Crippen LogP contribution is 2.41. The van der Waals surface area contributed by atoms with Crippen LogP contribution in [0.4, 0.5) is 0 Å². The fourth-order valence-electron chi connectivity index (χ4n) is 3.40. The number of carbonyl (C=O) groups is 1. The van der Waals surface area contributed by atoms with Crippen molar-refractivity contribution >= 4 is 5.97 Å². The van der Waals surface area contributed by atoms with Crippen LogP contribution < -0.4 is 5.32 Å². The first-order chi connectivity index (χ1) is 9.83. The van der Waals surface area contributed by atoms with Crippen molar-refractivity contribution in [1.82, 2.24) is 5.32 Å². The lowest BCUT2D eigenvalue weighted by Gasteiger charge is -2.37. The van der Waals surface area contributed by atoms with E-state index in [4.69, 9.17) is 9.47 Å². The fourth-order valence-corrected chi connectivity index (χ4v) is 3.40. The van der Waals surface area contributed by atoms with Gasteiger partial charge in [-0.2, -0.15) is 0 Å². The highest BCUT2D eigenvalue weighted by Gasteiger charge is 2.52. The number of carboxylic acid groups (broad SMARTS) is 1. The van der Waals surface area contributed by atoms with Crippen LogP contribution in [0.15, 0.2) is 0 Å². The van der Waals surface area contributed by atoms with E-state index < -0.39 is 11.5 Å². The van der Waals surface area contributed by atoms with Crippen molar-refractivity contribution in [2.24, 2.45) is 5.92 Å². The highest BCUT2D eigenvalue weighted by atomic mass is 16.5. The molecule has 0 spiro atoms. The fraction of sp³-hybridized carbons (Fsp3) is 0.938. The molecule has 1 aliphatic carbocycles. The van der Waals surface area contributed by atoms with Gasteiger partial charge in [-0.25, -0.2) is 0 Å². The Labute approximate surface area is 127 Å². The van der Waals surface area contributed by atoms with Gasteiger partial charge in [0.25, 0.3) is 0 Å². The minimum absolute atomic E-state index is 0.0928. The predicted octanol–water partition coefficient (Wildman–Crippen LogP) is 2.19. The van der Waals surface area contributed by atoms with Gasteiger partial charge in [0.1, 0.15) is 5.54 Å². The Kier molecular flexibility index (Phi) is 5.28. The second-order valence-corrected chi connectivity index (χ2v) is 7.01. The first-order valence-electron chi connectivity index (χ1n) is 8.11. The summed E-state index contributed by atoms with van der Waals surface area (Å²) in [5.41, 5.74) is -0.932. The maximum atomic E-state index is 11.9. The van der Waals surface area contributed by atoms with E-state index in [1.54, 1.807) is 0 Å². The Morgan fingerprint density at radius 2 is 1.90 bits per heavy atom. The Hall–Kier alpha value is -0.650. The summed E-state index contributed by atoms with van der Waals surface area (Å²) in [6.07, 6.45) is 4.06. The molecule has 2 rings (SSSR count). The third-order valence-electron chi connectivity index (χ3n) is 4.40. The van der Waals surface area contributed by atoms with Crippen molar-refractivity contribution in [3.05, 3.63) is 0 Å². The van der Waals surface area contributed by atoms with Crippen molar-refractivity contribution in [3.63, 3.8) is 0 Å². The Morgan fingerprint density at radius 1 is 1.33 bits per heavy atom. The number of hydrogen-bond donors (Lipinski definition) is 2. The molecule has 5 nitrogen and oxygen atoms in total. The van der Waals surface area contributed by atoms with Crippen molar-refractivity contribution in [1.29, 1.82) is 0 Å². The lowest BCUT2D eigenvalue weighted by molar-refractivity contribution is -0.155. The summed E-state index contributed by atoms with van der Waals surface area (Å²) in [6.45, 7) is 8.31. The second kappa shape index (κ2) is 6.63. The normalized spacial score (nSPS) is 32.9. The van der Waals surface area contributed by atoms with Crippen LogP contribution in [0.5, 0.6) is 0 Å². The summed E-state index contributed by atoms with van der Waals surface area (Å²) < 4.78 is 11.7. The van der Waals surface area contributed by atoms with Gasteiger partial charge in [-0.05, 0) is 59.3 Å². The van der Waals surface area contributed by atoms with Crippen LogP contribution in [0.25, 0.3) is 0 Å². The number of hydrogen-bond acceptors (Lipinski definition) is 4. The van der Waals surface area contributed by atoms with Gasteiger partial charge in [-0.3, -0.25) is 10.1 Å². The van der Waals surface area contributed by atoms with Gasteiger partial charge in [-0.1, -0.05) is 0 Å². The maximum absolute atomic E-state index is 11.9. The maximum Gasteiger partial charge on any atom is 0.326 e. The smallest absolute Gasteiger partial charge is 0.326 e. The van der Waals surface area contributed by atoms with Crippen LogP contribution in [0, 0.1) is 5.92 Å². The molecule has 21 heavy (non-hydrogen) atoms. The molecule has 1 aliphatic heterocycles. The number of aliphatic carboxylic acids is 1. The summed E-state index contributed by atoms with van der Waals surface area (Å²) >= 11 is 0. The molecule has 1 heterocycles. The summed E-state index contributed by atoms with van der Waals surface area (Å²) in [5.74, 6) is -0.598. The molecule has 1 saturated heterocycles. The predicted molar refractivity (Wildman–Crippen MR) is 80.3 cm³/mol. The molecule has 2 fully saturated rings. The average molecular weight is 299 g/mol. The van der Waals surface area contributed by atoms with Crippen molar-refractivity contribution in [2.45, 2.75) is 83.3 Å². The first-order valence-corrected chi connectivity index (χ1v) is 8.11. The lowest BCUT2D eigenvalue weighted by atomic mass is 9.92. The van der Waals surface area contributed by atoms with Crippen LogP contribution in [-0.2, 0) is 14.3 Å². The van der Waals surface area contributed by atoms with Crippen LogP contribution in [0.3, 0.4) is 0 Å². The third-order valence-corrected chi connectivity index (χ3v) is 4.40. The van der Waals surface area contributed by atoms with Gasteiger partial charge in [0.05, 0.1) is 24.9 Å². The topological polar surface area (TPSA) is 67.8 Å². The SMILES string of the molecule is CC(C)NC(COC1CC(C)OC(C)C1)(C(=O)O)C1CC1. The van der Waals surface area contributed by atoms with Gasteiger partial charge in [0.2, 0.25) is 0 Å². The largest absolute Gasteiger partial charge is 0.480 e. The summed E-state index contributed by atoms with van der Waals surface area (Å²) in [7, 11) is 0. The minimum Gasteiger partial charge on any atom is -0.480 e. The second-order valence-electron chi connectivity index (χ2n) is 7.01. The van der Waals surface area contributed by atoms with Crippen LogP contribution in [0.1, 0.15) is 53.4 Å². The molecule has 3 atom stereocenters. The van der Waals surface area contributed by atoms with E-state index in [-0.39, 0.29) is 36.9 Å². The molecule has 2 aliphatic rings. The number of nitrogens with one attached hydrogen (secondary N) is 1. The summed E-state index contributed by atoms with van der Waals surface area (Å²) in [6, 6.07) is 0.123. The van der Waals surface area contributed by atoms with Crippen molar-refractivity contribution < 1.29 is 19.4 Å². The standard InChI is InChI=1S/C16H29NO4/c1-10(2)17-16(15(18)19,13-5-6-13)9-20-14-7-11(3)21-12(4)8-14/h10-14,17H,5-9H2,1-4H3,(H,18,19). The molecule has 0 amide bonds. The molecule has 0 radical (unpaired) electrons. The zero-order valence-electron chi connectivity index (χ0n) is 13.6. The minimum atomic E-state index is -0.932. The van der Waals surface area contributed by atoms with Crippen LogP contribution >= 0.6 is 0 Å². The van der Waals surface area contributed by atoms with Gasteiger partial charge >= 0.3 is 5.97 Å². The lowest BCUT2D eigenvalue weighted by Crippen LogP contribution is -2.60. The molecular formula is C16H29NO4. The molecule has 5 heteroatoms. The summed E-state index contributed by atoms with van der Waals surface area (Å²) in [4.78, 5) is 11.9. The molecule has 0 aromatic rings. The zero-order chi connectivity index (χ0) is 15.6. The Bertz CT molecular complexity index is 359. The molecule has 2 N–H and O–H groups in total. The van der Waals surface area contributed by atoms with E-state index in [1.165, 1.54) is 0 Å². The first kappa shape index (κ1) is 16.7. The zero-order valence-corrected chi connectivity index (χ0v) is 13.6. The molecule has 1 saturated carbocycles. The number of ether oxygens (including phenoxy) is 2. The molecular weight excluding hydrogens is 270 g/mol. The van der Waals surface area contributed by atoms with E-state index in [0.29, 0.717) is 0 Å². The molecule has 0 bridgehead atoms. The third kappa shape index (κ3) is 4.18.